The Labute approximate surface area is 242 Å². The molecular formula is C35H50N2O3. The van der Waals surface area contributed by atoms with E-state index in [2.05, 4.69) is 17.2 Å². The summed E-state index contributed by atoms with van der Waals surface area (Å²) < 4.78 is 11.2. The van der Waals surface area contributed by atoms with Crippen molar-refractivity contribution in [1.82, 2.24) is 0 Å². The highest BCUT2D eigenvalue weighted by Gasteiger charge is 2.14. The van der Waals surface area contributed by atoms with E-state index in [0.29, 0.717) is 23.7 Å². The average molecular weight is 547 g/mol. The molecule has 0 heterocycles. The molecule has 3 aromatic rings. The predicted molar refractivity (Wildman–Crippen MR) is 168 cm³/mol. The summed E-state index contributed by atoms with van der Waals surface area (Å²) in [7, 11) is 1.63. The van der Waals surface area contributed by atoms with Crippen molar-refractivity contribution < 1.29 is 14.6 Å². The van der Waals surface area contributed by atoms with E-state index in [9.17, 15) is 5.11 Å². The van der Waals surface area contributed by atoms with Gasteiger partial charge in [-0.1, -0.05) is 128 Å². The minimum Gasteiger partial charge on any atom is -0.503 e. The highest BCUT2D eigenvalue weighted by molar-refractivity contribution is 5.97. The fourth-order valence-corrected chi connectivity index (χ4v) is 5.09. The maximum Gasteiger partial charge on any atom is 0.186 e. The van der Waals surface area contributed by atoms with Crippen LogP contribution in [0.25, 0.3) is 10.8 Å². The molecule has 3 aromatic carbocycles. The molecule has 218 valence electrons. The molecule has 0 saturated heterocycles. The van der Waals surface area contributed by atoms with Crippen LogP contribution in [-0.4, -0.2) is 18.8 Å². The molecule has 1 N–H and O–H groups in total. The molecule has 0 spiro atoms. The number of aromatic hydroxyl groups is 1. The second kappa shape index (κ2) is 19.1. The number of methoxy groups -OCH3 is 1. The van der Waals surface area contributed by atoms with Crippen LogP contribution < -0.4 is 9.47 Å². The summed E-state index contributed by atoms with van der Waals surface area (Å²) in [6.07, 6.45) is 21.5. The topological polar surface area (TPSA) is 63.4 Å². The van der Waals surface area contributed by atoms with Gasteiger partial charge in [0, 0.05) is 5.39 Å². The standard InChI is InChI=1S/C35H50N2O3/c1-3-4-5-6-7-8-9-10-11-12-13-14-15-16-17-20-27-40-33-28-29-21-18-19-22-32(29)34(35(33)38)37-36-30-23-25-31(39-2)26-24-30/h18-19,21-26,28,38H,3-17,20,27H2,1-2H3/b37-36+. The van der Waals surface area contributed by atoms with Gasteiger partial charge in [0.05, 0.1) is 19.4 Å². The molecular weight excluding hydrogens is 496 g/mol. The molecule has 5 nitrogen and oxygen atoms in total. The number of rotatable bonds is 21. The molecule has 0 fully saturated rings. The highest BCUT2D eigenvalue weighted by Crippen LogP contribution is 2.43. The van der Waals surface area contributed by atoms with Gasteiger partial charge in [-0.3, -0.25) is 0 Å². The van der Waals surface area contributed by atoms with Crippen molar-refractivity contribution in [1.29, 1.82) is 0 Å². The number of phenolic OH excluding ortho intramolecular Hbond substituents is 1. The molecule has 0 radical (unpaired) electrons. The Hall–Kier alpha value is -3.08. The van der Waals surface area contributed by atoms with Crippen molar-refractivity contribution in [3.8, 4) is 17.2 Å². The van der Waals surface area contributed by atoms with Gasteiger partial charge in [0.15, 0.2) is 11.5 Å². The van der Waals surface area contributed by atoms with Gasteiger partial charge in [0.25, 0.3) is 0 Å². The molecule has 0 bridgehead atoms. The molecule has 0 aliphatic rings. The maximum atomic E-state index is 11.0. The Morgan fingerprint density at radius 3 is 1.77 bits per heavy atom. The molecule has 0 unspecified atom stereocenters. The third-order valence-corrected chi connectivity index (χ3v) is 7.55. The zero-order valence-corrected chi connectivity index (χ0v) is 24.9. The second-order valence-corrected chi connectivity index (χ2v) is 10.8. The minimum atomic E-state index is 0.0347. The smallest absolute Gasteiger partial charge is 0.186 e. The molecule has 0 saturated carbocycles. The molecule has 40 heavy (non-hydrogen) atoms. The molecule has 5 heteroatoms. The number of hydrogen-bond acceptors (Lipinski definition) is 5. The number of ether oxygens (including phenoxy) is 2. The quantitative estimate of drug-likeness (QED) is 0.107. The summed E-state index contributed by atoms with van der Waals surface area (Å²) in [6.45, 7) is 2.86. The van der Waals surface area contributed by atoms with E-state index in [1.807, 2.05) is 54.6 Å². The first-order valence-corrected chi connectivity index (χ1v) is 15.7. The van der Waals surface area contributed by atoms with E-state index in [-0.39, 0.29) is 5.75 Å². The van der Waals surface area contributed by atoms with Gasteiger partial charge in [0.1, 0.15) is 11.4 Å². The fraction of sp³-hybridized carbons (Fsp3) is 0.543. The van der Waals surface area contributed by atoms with E-state index in [0.717, 1.165) is 29.4 Å². The summed E-state index contributed by atoms with van der Waals surface area (Å²) in [4.78, 5) is 0. The second-order valence-electron chi connectivity index (χ2n) is 10.8. The number of unbranched alkanes of at least 4 members (excludes halogenated alkanes) is 15. The van der Waals surface area contributed by atoms with Crippen LogP contribution in [0.3, 0.4) is 0 Å². The zero-order valence-electron chi connectivity index (χ0n) is 24.9. The summed E-state index contributed by atoms with van der Waals surface area (Å²) >= 11 is 0. The first-order valence-electron chi connectivity index (χ1n) is 15.7. The largest absolute Gasteiger partial charge is 0.503 e. The number of fused-ring (bicyclic) bond motifs is 1. The first kappa shape index (κ1) is 31.4. The Balaban J connectivity index is 1.34. The van der Waals surface area contributed by atoms with Gasteiger partial charge in [-0.05, 0) is 42.1 Å². The van der Waals surface area contributed by atoms with Crippen LogP contribution >= 0.6 is 0 Å². The average Bonchev–Trinajstić information content (AvgIpc) is 2.98. The van der Waals surface area contributed by atoms with E-state index >= 15 is 0 Å². The fourth-order valence-electron chi connectivity index (χ4n) is 5.09. The number of benzene rings is 3. The van der Waals surface area contributed by atoms with Crippen molar-refractivity contribution in [3.63, 3.8) is 0 Å². The molecule has 3 rings (SSSR count). The van der Waals surface area contributed by atoms with Gasteiger partial charge < -0.3 is 14.6 Å². The van der Waals surface area contributed by atoms with E-state index < -0.39 is 0 Å². The van der Waals surface area contributed by atoms with Gasteiger partial charge in [-0.15, -0.1) is 5.11 Å². The summed E-state index contributed by atoms with van der Waals surface area (Å²) in [5.41, 5.74) is 1.11. The summed E-state index contributed by atoms with van der Waals surface area (Å²) in [5, 5.41) is 21.5. The number of hydrogen-bond donors (Lipinski definition) is 1. The molecule has 0 atom stereocenters. The summed E-state index contributed by atoms with van der Waals surface area (Å²) in [6, 6.07) is 17.1. The summed E-state index contributed by atoms with van der Waals surface area (Å²) in [5.74, 6) is 1.26. The normalized spacial score (nSPS) is 11.4. The number of phenols is 1. The van der Waals surface area contributed by atoms with Crippen LogP contribution in [0.4, 0.5) is 11.4 Å². The Morgan fingerprint density at radius 1 is 0.650 bits per heavy atom. The van der Waals surface area contributed by atoms with Crippen LogP contribution in [0.1, 0.15) is 110 Å². The van der Waals surface area contributed by atoms with Crippen LogP contribution in [0.5, 0.6) is 17.2 Å². The SMILES string of the molecule is CCCCCCCCCCCCCCCCCCOc1cc2ccccc2c(/N=N/c2ccc(OC)cc2)c1O. The zero-order chi connectivity index (χ0) is 28.3. The lowest BCUT2D eigenvalue weighted by molar-refractivity contribution is 0.289. The van der Waals surface area contributed by atoms with Crippen molar-refractivity contribution in [3.05, 3.63) is 54.6 Å². The molecule has 0 amide bonds. The van der Waals surface area contributed by atoms with Crippen LogP contribution in [-0.2, 0) is 0 Å². The molecule has 0 aliphatic heterocycles. The molecule has 0 aliphatic carbocycles. The molecule has 0 aromatic heterocycles. The van der Waals surface area contributed by atoms with Crippen molar-refractivity contribution >= 4 is 22.1 Å². The van der Waals surface area contributed by atoms with Gasteiger partial charge in [0.2, 0.25) is 0 Å². The number of azo groups is 1. The highest BCUT2D eigenvalue weighted by atomic mass is 16.5. The van der Waals surface area contributed by atoms with Crippen molar-refractivity contribution in [2.75, 3.05) is 13.7 Å². The minimum absolute atomic E-state index is 0.0347. The van der Waals surface area contributed by atoms with Crippen LogP contribution in [0, 0.1) is 0 Å². The van der Waals surface area contributed by atoms with Crippen molar-refractivity contribution in [2.45, 2.75) is 110 Å². The Bertz CT molecular complexity index is 1130. The van der Waals surface area contributed by atoms with Crippen molar-refractivity contribution in [2.24, 2.45) is 10.2 Å². The lowest BCUT2D eigenvalue weighted by Crippen LogP contribution is -1.98. The van der Waals surface area contributed by atoms with E-state index in [1.54, 1.807) is 7.11 Å². The van der Waals surface area contributed by atoms with E-state index in [4.69, 9.17) is 9.47 Å². The van der Waals surface area contributed by atoms with Gasteiger partial charge >= 0.3 is 0 Å². The first-order chi connectivity index (χ1) is 19.7. The third-order valence-electron chi connectivity index (χ3n) is 7.55. The van der Waals surface area contributed by atoms with Crippen LogP contribution in [0.15, 0.2) is 64.8 Å². The van der Waals surface area contributed by atoms with Gasteiger partial charge in [-0.25, -0.2) is 0 Å². The Morgan fingerprint density at radius 2 is 1.20 bits per heavy atom. The maximum absolute atomic E-state index is 11.0. The Kier molecular flexibility index (Phi) is 15.0. The van der Waals surface area contributed by atoms with E-state index in [1.165, 1.54) is 89.9 Å². The van der Waals surface area contributed by atoms with Crippen LogP contribution in [0.2, 0.25) is 0 Å². The number of nitrogens with zero attached hydrogens (tertiary/aromatic N) is 2. The lowest BCUT2D eigenvalue weighted by atomic mass is 10.0. The lowest BCUT2D eigenvalue weighted by Gasteiger charge is -2.12. The monoisotopic (exact) mass is 546 g/mol. The van der Waals surface area contributed by atoms with Gasteiger partial charge in [-0.2, -0.15) is 5.11 Å². The predicted octanol–water partition coefficient (Wildman–Crippen LogP) is 11.6. The third kappa shape index (κ3) is 11.2.